The summed E-state index contributed by atoms with van der Waals surface area (Å²) in [4.78, 5) is 0. The molecule has 182 valence electrons. The van der Waals surface area contributed by atoms with Gasteiger partial charge in [-0.05, 0) is 73.4 Å². The lowest BCUT2D eigenvalue weighted by Crippen LogP contribution is -2.32. The lowest BCUT2D eigenvalue weighted by Gasteiger charge is -2.33. The van der Waals surface area contributed by atoms with E-state index in [0.717, 1.165) is 44.8 Å². The first-order valence-corrected chi connectivity index (χ1v) is 12.1. The van der Waals surface area contributed by atoms with E-state index in [1.165, 1.54) is 17.7 Å². The van der Waals surface area contributed by atoms with Crippen LogP contribution in [0.3, 0.4) is 0 Å². The molecule has 36 heavy (non-hydrogen) atoms. The van der Waals surface area contributed by atoms with Gasteiger partial charge in [-0.15, -0.1) is 0 Å². The molecule has 0 radical (unpaired) electrons. The lowest BCUT2D eigenvalue weighted by molar-refractivity contribution is 0.306. The smallest absolute Gasteiger partial charge is 0.129 e. The van der Waals surface area contributed by atoms with E-state index in [4.69, 9.17) is 9.47 Å². The second kappa shape index (κ2) is 9.54. The van der Waals surface area contributed by atoms with Gasteiger partial charge in [-0.2, -0.15) is 0 Å². The van der Waals surface area contributed by atoms with Gasteiger partial charge >= 0.3 is 0 Å². The first-order chi connectivity index (χ1) is 17.3. The molecule has 1 aliphatic heterocycles. The number of hydrogen-bond donors (Lipinski definition) is 1. The van der Waals surface area contributed by atoms with E-state index in [0.29, 0.717) is 12.4 Å². The Labute approximate surface area is 212 Å². The number of allylic oxidation sites excluding steroid dienone is 1. The normalized spacial score (nSPS) is 13.9. The number of fused-ring (bicyclic) bond motifs is 1. The summed E-state index contributed by atoms with van der Waals surface area (Å²) in [5.74, 6) is 0.952. The van der Waals surface area contributed by atoms with Gasteiger partial charge in [-0.3, -0.25) is 0 Å². The van der Waals surface area contributed by atoms with Crippen LogP contribution in [-0.4, -0.2) is 12.6 Å². The molecule has 4 aromatic rings. The van der Waals surface area contributed by atoms with Crippen LogP contribution in [0.4, 0.5) is 10.1 Å². The molecule has 4 heteroatoms. The molecule has 0 amide bonds. The summed E-state index contributed by atoms with van der Waals surface area (Å²) in [5, 5.41) is 3.63. The average molecular weight is 480 g/mol. The van der Waals surface area contributed by atoms with Crippen molar-refractivity contribution in [1.82, 2.24) is 0 Å². The number of ether oxygens (including phenoxy) is 2. The number of hydrogen-bond acceptors (Lipinski definition) is 3. The molecule has 1 aliphatic rings. The third kappa shape index (κ3) is 4.72. The Morgan fingerprint density at radius 1 is 0.833 bits per heavy atom. The molecule has 0 atom stereocenters. The van der Waals surface area contributed by atoms with Crippen LogP contribution < -0.4 is 14.8 Å². The Kier molecular flexibility index (Phi) is 6.27. The van der Waals surface area contributed by atoms with Gasteiger partial charge in [-0.1, -0.05) is 54.6 Å². The topological polar surface area (TPSA) is 30.5 Å². The predicted octanol–water partition coefficient (Wildman–Crippen LogP) is 8.35. The van der Waals surface area contributed by atoms with E-state index in [9.17, 15) is 4.39 Å². The summed E-state index contributed by atoms with van der Waals surface area (Å²) < 4.78 is 26.0. The molecule has 0 bridgehead atoms. The van der Waals surface area contributed by atoms with Gasteiger partial charge in [0.05, 0.1) is 12.6 Å². The van der Waals surface area contributed by atoms with Crippen LogP contribution in [0.1, 0.15) is 31.9 Å². The van der Waals surface area contributed by atoms with E-state index in [-0.39, 0.29) is 11.4 Å². The highest BCUT2D eigenvalue weighted by molar-refractivity contribution is 5.88. The highest BCUT2D eigenvalue weighted by Gasteiger charge is 2.27. The third-order valence-electron chi connectivity index (χ3n) is 6.52. The molecule has 4 aromatic carbocycles. The molecule has 1 heterocycles. The van der Waals surface area contributed by atoms with Crippen molar-refractivity contribution < 1.29 is 13.9 Å². The molecule has 0 aliphatic carbocycles. The highest BCUT2D eigenvalue weighted by atomic mass is 19.1. The van der Waals surface area contributed by atoms with Crippen molar-refractivity contribution in [3.63, 3.8) is 0 Å². The van der Waals surface area contributed by atoms with E-state index >= 15 is 0 Å². The van der Waals surface area contributed by atoms with Crippen LogP contribution >= 0.6 is 0 Å². The quantitative estimate of drug-likeness (QED) is 0.301. The zero-order valence-electron chi connectivity index (χ0n) is 21.1. The molecule has 5 rings (SSSR count). The highest BCUT2D eigenvalue weighted by Crippen LogP contribution is 2.43. The molecule has 3 nitrogen and oxygen atoms in total. The lowest BCUT2D eigenvalue weighted by atomic mass is 9.85. The van der Waals surface area contributed by atoms with Gasteiger partial charge in [-0.25, -0.2) is 4.39 Å². The summed E-state index contributed by atoms with van der Waals surface area (Å²) in [6, 6.07) is 27.2. The molecule has 0 saturated carbocycles. The number of nitrogens with one attached hydrogen (secondary N) is 1. The Morgan fingerprint density at radius 3 is 2.36 bits per heavy atom. The fourth-order valence-electron chi connectivity index (χ4n) is 5.04. The second-order valence-corrected chi connectivity index (χ2v) is 9.72. The molecular formula is C32H30FNO2. The maximum Gasteiger partial charge on any atom is 0.129 e. The number of halogens is 1. The predicted molar refractivity (Wildman–Crippen MR) is 146 cm³/mol. The Morgan fingerprint density at radius 2 is 1.58 bits per heavy atom. The number of benzene rings is 4. The minimum absolute atomic E-state index is 0.158. The standard InChI is InChI=1S/C32H30FNO2/c1-21-19-32(2,3)34-29-16-15-26(27-14-13-24(33)18-30(27)35-4)28(31(21)29)20-36-25-12-8-11-23(17-25)22-9-6-5-7-10-22/h5-19,34H,20H2,1-4H3. The van der Waals surface area contributed by atoms with Crippen molar-refractivity contribution in [3.8, 4) is 33.8 Å². The monoisotopic (exact) mass is 479 g/mol. The average Bonchev–Trinajstić information content (AvgIpc) is 2.87. The van der Waals surface area contributed by atoms with Gasteiger partial charge in [0.1, 0.15) is 23.9 Å². The van der Waals surface area contributed by atoms with Crippen LogP contribution in [0.15, 0.2) is 91.0 Å². The van der Waals surface area contributed by atoms with Gasteiger partial charge in [0.25, 0.3) is 0 Å². The van der Waals surface area contributed by atoms with Gasteiger partial charge in [0.2, 0.25) is 0 Å². The Balaban J connectivity index is 1.58. The first-order valence-electron chi connectivity index (χ1n) is 12.1. The van der Waals surface area contributed by atoms with E-state index in [1.54, 1.807) is 13.2 Å². The van der Waals surface area contributed by atoms with Crippen molar-refractivity contribution in [2.75, 3.05) is 12.4 Å². The maximum absolute atomic E-state index is 14.0. The van der Waals surface area contributed by atoms with Crippen molar-refractivity contribution in [1.29, 1.82) is 0 Å². The molecule has 1 N–H and O–H groups in total. The van der Waals surface area contributed by atoms with Crippen LogP contribution in [0.5, 0.6) is 11.5 Å². The largest absolute Gasteiger partial charge is 0.496 e. The van der Waals surface area contributed by atoms with Gasteiger partial charge in [0.15, 0.2) is 0 Å². The molecule has 0 fully saturated rings. The summed E-state index contributed by atoms with van der Waals surface area (Å²) in [7, 11) is 1.57. The van der Waals surface area contributed by atoms with Crippen molar-refractivity contribution in [3.05, 3.63) is 108 Å². The zero-order valence-corrected chi connectivity index (χ0v) is 21.1. The first kappa shape index (κ1) is 23.7. The molecule has 0 saturated heterocycles. The maximum atomic E-state index is 14.0. The number of rotatable bonds is 6. The minimum Gasteiger partial charge on any atom is -0.496 e. The van der Waals surface area contributed by atoms with Crippen LogP contribution in [-0.2, 0) is 6.61 Å². The zero-order chi connectivity index (χ0) is 25.3. The van der Waals surface area contributed by atoms with Gasteiger partial charge in [0, 0.05) is 28.4 Å². The molecule has 0 aromatic heterocycles. The molecular weight excluding hydrogens is 449 g/mol. The van der Waals surface area contributed by atoms with E-state index < -0.39 is 0 Å². The van der Waals surface area contributed by atoms with Crippen LogP contribution in [0.2, 0.25) is 0 Å². The van der Waals surface area contributed by atoms with E-state index in [2.05, 4.69) is 68.6 Å². The summed E-state index contributed by atoms with van der Waals surface area (Å²) in [5.41, 5.74) is 8.24. The molecule has 0 spiro atoms. The summed E-state index contributed by atoms with van der Waals surface area (Å²) >= 11 is 0. The van der Waals surface area contributed by atoms with Crippen LogP contribution in [0.25, 0.3) is 27.8 Å². The SMILES string of the molecule is COc1cc(F)ccc1-c1ccc2c(c1COc1cccc(-c3ccccc3)c1)C(C)=CC(C)(C)N2. The number of methoxy groups -OCH3 is 1. The summed E-state index contributed by atoms with van der Waals surface area (Å²) in [6.45, 7) is 6.79. The van der Waals surface area contributed by atoms with Crippen molar-refractivity contribution >= 4 is 11.3 Å². The fraction of sp³-hybridized carbons (Fsp3) is 0.188. The van der Waals surface area contributed by atoms with Crippen molar-refractivity contribution in [2.24, 2.45) is 0 Å². The second-order valence-electron chi connectivity index (χ2n) is 9.72. The molecule has 0 unspecified atom stereocenters. The number of anilines is 1. The van der Waals surface area contributed by atoms with E-state index in [1.807, 2.05) is 30.3 Å². The van der Waals surface area contributed by atoms with Crippen molar-refractivity contribution in [2.45, 2.75) is 32.9 Å². The Bertz CT molecular complexity index is 1440. The minimum atomic E-state index is -0.330. The fourth-order valence-corrected chi connectivity index (χ4v) is 5.04. The third-order valence-corrected chi connectivity index (χ3v) is 6.52. The van der Waals surface area contributed by atoms with Crippen LogP contribution in [0, 0.1) is 5.82 Å². The Hall–Kier alpha value is -4.05. The van der Waals surface area contributed by atoms with Gasteiger partial charge < -0.3 is 14.8 Å². The summed E-state index contributed by atoms with van der Waals surface area (Å²) in [6.07, 6.45) is 2.24.